The largest absolute Gasteiger partial charge is 0.490 e. The lowest BCUT2D eigenvalue weighted by molar-refractivity contribution is -0.134. The van der Waals surface area contributed by atoms with Crippen LogP contribution >= 0.6 is 11.6 Å². The third kappa shape index (κ3) is 7.33. The van der Waals surface area contributed by atoms with Crippen molar-refractivity contribution in [3.05, 3.63) is 86.5 Å². The Morgan fingerprint density at radius 2 is 1.79 bits per heavy atom. The molecule has 3 atom stereocenters. The summed E-state index contributed by atoms with van der Waals surface area (Å²) in [5.41, 5.74) is 2.19. The summed E-state index contributed by atoms with van der Waals surface area (Å²) in [6.07, 6.45) is 3.91. The fourth-order valence-corrected chi connectivity index (χ4v) is 7.03. The van der Waals surface area contributed by atoms with Crippen molar-refractivity contribution in [3.8, 4) is 5.75 Å². The van der Waals surface area contributed by atoms with Gasteiger partial charge in [-0.15, -0.1) is 0 Å². The van der Waals surface area contributed by atoms with Gasteiger partial charge in [-0.2, -0.15) is 5.10 Å². The Kier molecular flexibility index (Phi) is 9.60. The number of hydrogen-bond donors (Lipinski definition) is 2. The van der Waals surface area contributed by atoms with Crippen molar-refractivity contribution in [3.63, 3.8) is 0 Å². The first-order valence-electron chi connectivity index (χ1n) is 15.9. The predicted molar refractivity (Wildman–Crippen MR) is 174 cm³/mol. The molecule has 11 nitrogen and oxygen atoms in total. The van der Waals surface area contributed by atoms with Crippen LogP contribution in [0.5, 0.6) is 5.75 Å². The van der Waals surface area contributed by atoms with Crippen molar-refractivity contribution in [2.24, 2.45) is 7.05 Å². The number of carbonyl (C=O) groups excluding carboxylic acids is 3. The van der Waals surface area contributed by atoms with E-state index >= 15 is 0 Å². The number of imide groups is 1. The average Bonchev–Trinajstić information content (AvgIpc) is 3.05. The van der Waals surface area contributed by atoms with Gasteiger partial charge in [-0.05, 0) is 49.6 Å². The summed E-state index contributed by atoms with van der Waals surface area (Å²) in [5, 5.41) is 9.87. The fraction of sp³-hybridized carbons (Fsp3) is 0.441. The first-order chi connectivity index (χ1) is 22.5. The number of aromatic nitrogens is 2. The minimum atomic E-state index is -0.696. The average molecular weight is 665 g/mol. The number of benzene rings is 2. The highest BCUT2D eigenvalue weighted by Crippen LogP contribution is 2.32. The number of aryl methyl sites for hydroxylation is 1. The fourth-order valence-electron chi connectivity index (χ4n) is 6.80. The maximum Gasteiger partial charge on any atom is 0.287 e. The van der Waals surface area contributed by atoms with Gasteiger partial charge in [0, 0.05) is 75.7 Å². The van der Waals surface area contributed by atoms with Crippen molar-refractivity contribution in [2.75, 3.05) is 38.5 Å². The van der Waals surface area contributed by atoms with Gasteiger partial charge in [-0.1, -0.05) is 29.8 Å². The van der Waals surface area contributed by atoms with E-state index in [-0.39, 0.29) is 58.9 Å². The molecule has 3 fully saturated rings. The van der Waals surface area contributed by atoms with E-state index in [1.54, 1.807) is 25.4 Å². The van der Waals surface area contributed by atoms with Crippen LogP contribution in [0.2, 0.25) is 5.02 Å². The Balaban J connectivity index is 1.01. The number of hydrogen-bond acceptors (Lipinski definition) is 8. The monoisotopic (exact) mass is 664 g/mol. The van der Waals surface area contributed by atoms with Gasteiger partial charge >= 0.3 is 0 Å². The highest BCUT2D eigenvalue weighted by atomic mass is 35.5. The lowest BCUT2D eigenvalue weighted by Gasteiger charge is -2.37. The van der Waals surface area contributed by atoms with Crippen LogP contribution in [0.25, 0.3) is 0 Å². The van der Waals surface area contributed by atoms with Gasteiger partial charge in [0.05, 0.1) is 17.8 Å². The van der Waals surface area contributed by atoms with E-state index in [1.807, 2.05) is 29.2 Å². The second-order valence-corrected chi connectivity index (χ2v) is 13.1. The molecule has 4 heterocycles. The molecule has 3 aliphatic heterocycles. The number of anilines is 1. The first-order valence-corrected chi connectivity index (χ1v) is 16.3. The Labute approximate surface area is 277 Å². The minimum absolute atomic E-state index is 0.0391. The highest BCUT2D eigenvalue weighted by Gasteiger charge is 2.31. The van der Waals surface area contributed by atoms with Crippen LogP contribution in [0, 0.1) is 5.82 Å². The minimum Gasteiger partial charge on any atom is -0.490 e. The maximum absolute atomic E-state index is 14.9. The van der Waals surface area contributed by atoms with Gasteiger partial charge in [0.25, 0.3) is 11.5 Å². The molecular weight excluding hydrogens is 627 g/mol. The Hall–Kier alpha value is -4.29. The molecule has 0 bridgehead atoms. The normalized spacial score (nSPS) is 22.6. The van der Waals surface area contributed by atoms with Crippen LogP contribution in [0.3, 0.4) is 0 Å². The summed E-state index contributed by atoms with van der Waals surface area (Å²) in [6.45, 7) is 2.69. The Morgan fingerprint density at radius 3 is 2.49 bits per heavy atom. The van der Waals surface area contributed by atoms with Gasteiger partial charge in [0.15, 0.2) is 0 Å². The molecule has 6 rings (SSSR count). The number of nitrogens with zero attached hydrogens (tertiary/aromatic N) is 4. The lowest BCUT2D eigenvalue weighted by atomic mass is 9.87. The quantitative estimate of drug-likeness (QED) is 0.367. The van der Waals surface area contributed by atoms with Gasteiger partial charge in [-0.3, -0.25) is 24.5 Å². The van der Waals surface area contributed by atoms with Crippen molar-refractivity contribution in [2.45, 2.75) is 56.1 Å². The van der Waals surface area contributed by atoms with Gasteiger partial charge < -0.3 is 19.9 Å². The van der Waals surface area contributed by atoms with Crippen LogP contribution in [0.4, 0.5) is 10.1 Å². The summed E-state index contributed by atoms with van der Waals surface area (Å²) in [5.74, 6) is -1.49. The molecular formula is C34H38ClFN6O5. The van der Waals surface area contributed by atoms with Gasteiger partial charge in [0.1, 0.15) is 22.7 Å². The molecule has 47 heavy (non-hydrogen) atoms. The topological polar surface area (TPSA) is 126 Å². The second-order valence-electron chi connectivity index (χ2n) is 12.7. The maximum atomic E-state index is 14.9. The smallest absolute Gasteiger partial charge is 0.287 e. The van der Waals surface area contributed by atoms with Crippen LogP contribution < -0.4 is 20.9 Å². The molecule has 0 aliphatic carbocycles. The number of carbonyl (C=O) groups is 3. The molecule has 0 saturated carbocycles. The number of amides is 3. The van der Waals surface area contributed by atoms with E-state index in [9.17, 15) is 23.6 Å². The lowest BCUT2D eigenvalue weighted by Crippen LogP contribution is -2.43. The SMILES string of the molecule is CN1C[C@@H](Nc2cnn(C)c(=O)c2Cl)C[C@@H](c2ccc(C(=O)N3CCC(Oc4ccc(C5CCC(=O)NC5=O)c(F)c4)CC3)cc2)C1. The summed E-state index contributed by atoms with van der Waals surface area (Å²) < 4.78 is 22.2. The zero-order valence-electron chi connectivity index (χ0n) is 26.4. The van der Waals surface area contributed by atoms with Gasteiger partial charge in [-0.25, -0.2) is 9.07 Å². The number of likely N-dealkylation sites (tertiary alicyclic amines) is 2. The van der Waals surface area contributed by atoms with Crippen molar-refractivity contribution in [1.82, 2.24) is 24.9 Å². The third-order valence-corrected chi connectivity index (χ3v) is 9.68. The van der Waals surface area contributed by atoms with E-state index in [1.165, 1.54) is 10.7 Å². The summed E-state index contributed by atoms with van der Waals surface area (Å²) in [6, 6.07) is 12.4. The van der Waals surface area contributed by atoms with E-state index in [0.717, 1.165) is 25.1 Å². The van der Waals surface area contributed by atoms with Gasteiger partial charge in [0.2, 0.25) is 11.8 Å². The van der Waals surface area contributed by atoms with Crippen LogP contribution in [-0.2, 0) is 16.6 Å². The van der Waals surface area contributed by atoms with Crippen molar-refractivity contribution in [1.29, 1.82) is 0 Å². The zero-order chi connectivity index (χ0) is 33.2. The number of rotatable bonds is 7. The molecule has 2 N–H and O–H groups in total. The molecule has 248 valence electrons. The molecule has 3 aliphatic rings. The summed E-state index contributed by atoms with van der Waals surface area (Å²) in [7, 11) is 3.62. The molecule has 0 spiro atoms. The van der Waals surface area contributed by atoms with Crippen LogP contribution in [0.1, 0.15) is 65.4 Å². The zero-order valence-corrected chi connectivity index (χ0v) is 27.1. The van der Waals surface area contributed by atoms with Crippen molar-refractivity contribution >= 4 is 35.0 Å². The number of likely N-dealkylation sites (N-methyl/N-ethyl adjacent to an activating group) is 1. The van der Waals surface area contributed by atoms with Crippen LogP contribution in [-0.4, -0.2) is 82.7 Å². The molecule has 0 radical (unpaired) electrons. The third-order valence-electron chi connectivity index (χ3n) is 9.32. The molecule has 3 aromatic rings. The number of nitrogens with one attached hydrogen (secondary N) is 2. The van der Waals surface area contributed by atoms with E-state index in [4.69, 9.17) is 16.3 Å². The van der Waals surface area contributed by atoms with Crippen molar-refractivity contribution < 1.29 is 23.5 Å². The number of piperidine rings is 3. The molecule has 1 aromatic heterocycles. The van der Waals surface area contributed by atoms with E-state index in [2.05, 4.69) is 27.7 Å². The molecule has 13 heteroatoms. The standard InChI is InChI=1S/C34H38ClFN6O5/c1-40-18-22(15-23(19-40)38-29-17-37-41(2)34(46)31(29)35)20-3-5-21(6-4-20)33(45)42-13-11-24(12-14-42)47-25-7-8-26(28(36)16-25)27-9-10-30(43)39-32(27)44/h3-8,16-17,22-24,27,38H,9-15,18-19H2,1-2H3,(H,39,43,44)/t22-,23+,27?/m1/s1. The second kappa shape index (κ2) is 13.8. The van der Waals surface area contributed by atoms with Crippen LogP contribution in [0.15, 0.2) is 53.5 Å². The van der Waals surface area contributed by atoms with E-state index in [0.29, 0.717) is 42.9 Å². The Bertz CT molecular complexity index is 1720. The molecule has 3 saturated heterocycles. The first kappa shape index (κ1) is 32.6. The summed E-state index contributed by atoms with van der Waals surface area (Å²) >= 11 is 6.28. The predicted octanol–water partition coefficient (Wildman–Crippen LogP) is 3.68. The number of ether oxygens (including phenoxy) is 1. The molecule has 2 aromatic carbocycles. The summed E-state index contributed by atoms with van der Waals surface area (Å²) in [4.78, 5) is 53.2. The Morgan fingerprint density at radius 1 is 1.04 bits per heavy atom. The highest BCUT2D eigenvalue weighted by molar-refractivity contribution is 6.32. The molecule has 1 unspecified atom stereocenters. The number of halogens is 2. The van der Waals surface area contributed by atoms with E-state index < -0.39 is 17.6 Å². The molecule has 3 amide bonds.